The van der Waals surface area contributed by atoms with Gasteiger partial charge in [-0.15, -0.1) is 0 Å². The number of hydrogen-bond donors (Lipinski definition) is 0. The lowest BCUT2D eigenvalue weighted by Gasteiger charge is -2.18. The van der Waals surface area contributed by atoms with Gasteiger partial charge in [-0.1, -0.05) is 269 Å². The van der Waals surface area contributed by atoms with Crippen molar-refractivity contribution >= 4 is 17.9 Å². The number of rotatable bonds is 55. The topological polar surface area (TPSA) is 78.9 Å². The third-order valence-electron chi connectivity index (χ3n) is 12.8. The average molecular weight is 1080 g/mol. The maximum absolute atomic E-state index is 12.9. The van der Waals surface area contributed by atoms with E-state index in [4.69, 9.17) is 14.2 Å². The normalized spacial score (nSPS) is 13.2. The maximum atomic E-state index is 12.9. The summed E-state index contributed by atoms with van der Waals surface area (Å²) >= 11 is 0. The Labute approximate surface area is 480 Å². The van der Waals surface area contributed by atoms with E-state index in [2.05, 4.69) is 179 Å². The van der Waals surface area contributed by atoms with Crippen LogP contribution < -0.4 is 0 Å². The number of hydrogen-bond acceptors (Lipinski definition) is 6. The first kappa shape index (κ1) is 73.0. The molecule has 0 aromatic heterocycles. The molecule has 0 aliphatic rings. The van der Waals surface area contributed by atoms with Crippen molar-refractivity contribution in [1.82, 2.24) is 0 Å². The van der Waals surface area contributed by atoms with Crippen LogP contribution in [0.5, 0.6) is 0 Å². The maximum Gasteiger partial charge on any atom is 0.306 e. The van der Waals surface area contributed by atoms with Crippen molar-refractivity contribution in [3.05, 3.63) is 158 Å². The highest BCUT2D eigenvalue weighted by Crippen LogP contribution is 2.14. The Morgan fingerprint density at radius 2 is 0.500 bits per heavy atom. The van der Waals surface area contributed by atoms with Gasteiger partial charge >= 0.3 is 17.9 Å². The minimum atomic E-state index is -0.807. The lowest BCUT2D eigenvalue weighted by molar-refractivity contribution is -0.167. The molecule has 0 bridgehead atoms. The Hall–Kier alpha value is -4.97. The molecule has 0 rings (SSSR count). The molecule has 1 atom stereocenters. The van der Waals surface area contributed by atoms with Gasteiger partial charge in [0.05, 0.1) is 0 Å². The molecule has 0 aromatic carbocycles. The Morgan fingerprint density at radius 1 is 0.269 bits per heavy atom. The first-order valence-electron chi connectivity index (χ1n) is 31.5. The second-order valence-electron chi connectivity index (χ2n) is 20.2. The van der Waals surface area contributed by atoms with E-state index in [-0.39, 0.29) is 37.5 Å². The monoisotopic (exact) mass is 1070 g/mol. The molecule has 78 heavy (non-hydrogen) atoms. The van der Waals surface area contributed by atoms with Gasteiger partial charge in [-0.3, -0.25) is 14.4 Å². The van der Waals surface area contributed by atoms with Crippen LogP contribution in [-0.2, 0) is 28.6 Å². The van der Waals surface area contributed by atoms with Crippen molar-refractivity contribution in [1.29, 1.82) is 0 Å². The number of esters is 3. The average Bonchev–Trinajstić information content (AvgIpc) is 3.44. The van der Waals surface area contributed by atoms with Crippen LogP contribution in [0.15, 0.2) is 158 Å². The molecule has 0 aliphatic heterocycles. The molecule has 0 heterocycles. The van der Waals surface area contributed by atoms with Crippen LogP contribution in [0, 0.1) is 0 Å². The van der Waals surface area contributed by atoms with E-state index in [1.807, 2.05) is 0 Å². The standard InChI is InChI=1S/C72H114O6/c1-4-7-10-13-16-19-22-24-26-28-30-32-34-35-36-37-39-40-42-44-46-48-50-53-56-59-62-65-71(74)77-68-69(67-76-70(73)64-61-58-55-52-21-18-15-12-9-6-3)78-72(75)66-63-60-57-54-51-49-47-45-43-41-38-33-31-29-27-25-23-20-17-14-11-8-5-2/h7-8,10-11,16-17,19-20,24-27,30-33,35-36,39-41,43-44,46-47,49,69H,4-6,9,12-15,18,21-23,28-29,34,37-38,42,45,48,50-68H2,1-3H3/b10-7-,11-8-,19-16-,20-17-,26-24-,27-25-,32-30-,33-31-,36-35-,40-39-,43-41-,46-44-,49-47-. The Bertz CT molecular complexity index is 1760. The van der Waals surface area contributed by atoms with Crippen molar-refractivity contribution < 1.29 is 28.6 Å². The minimum Gasteiger partial charge on any atom is -0.462 e. The van der Waals surface area contributed by atoms with E-state index in [1.165, 1.54) is 44.9 Å². The number of carbonyl (C=O) groups excluding carboxylic acids is 3. The van der Waals surface area contributed by atoms with Crippen LogP contribution in [0.3, 0.4) is 0 Å². The molecular formula is C72H114O6. The molecule has 0 saturated carbocycles. The van der Waals surface area contributed by atoms with Crippen molar-refractivity contribution in [2.75, 3.05) is 13.2 Å². The van der Waals surface area contributed by atoms with Gasteiger partial charge in [-0.05, 0) is 128 Å². The van der Waals surface area contributed by atoms with Crippen LogP contribution in [0.1, 0.15) is 258 Å². The molecule has 0 aromatic rings. The van der Waals surface area contributed by atoms with Gasteiger partial charge in [0.2, 0.25) is 0 Å². The summed E-state index contributed by atoms with van der Waals surface area (Å²) in [5, 5.41) is 0. The Kier molecular flexibility index (Phi) is 60.4. The largest absolute Gasteiger partial charge is 0.462 e. The van der Waals surface area contributed by atoms with Crippen molar-refractivity contribution in [3.63, 3.8) is 0 Å². The number of unbranched alkanes of at least 4 members (excludes halogenated alkanes) is 18. The minimum absolute atomic E-state index is 0.0998. The first-order chi connectivity index (χ1) is 38.5. The first-order valence-corrected chi connectivity index (χ1v) is 31.5. The van der Waals surface area contributed by atoms with Gasteiger partial charge in [0, 0.05) is 19.3 Å². The van der Waals surface area contributed by atoms with Crippen molar-refractivity contribution in [2.24, 2.45) is 0 Å². The molecule has 1 unspecified atom stereocenters. The molecule has 0 radical (unpaired) electrons. The molecule has 6 heteroatoms. The van der Waals surface area contributed by atoms with Crippen LogP contribution in [0.25, 0.3) is 0 Å². The fraction of sp³-hybridized carbons (Fsp3) is 0.597. The zero-order valence-electron chi connectivity index (χ0n) is 50.1. The second kappa shape index (κ2) is 64.6. The van der Waals surface area contributed by atoms with E-state index in [0.717, 1.165) is 173 Å². The molecule has 438 valence electrons. The Morgan fingerprint density at radius 3 is 0.782 bits per heavy atom. The fourth-order valence-corrected chi connectivity index (χ4v) is 8.13. The van der Waals surface area contributed by atoms with E-state index < -0.39 is 6.10 Å². The third kappa shape index (κ3) is 61.9. The predicted molar refractivity (Wildman–Crippen MR) is 338 cm³/mol. The van der Waals surface area contributed by atoms with Gasteiger partial charge in [-0.25, -0.2) is 0 Å². The van der Waals surface area contributed by atoms with E-state index >= 15 is 0 Å². The zero-order chi connectivity index (χ0) is 56.4. The van der Waals surface area contributed by atoms with Gasteiger partial charge in [0.25, 0.3) is 0 Å². The lowest BCUT2D eigenvalue weighted by Crippen LogP contribution is -2.30. The number of ether oxygens (including phenoxy) is 3. The zero-order valence-corrected chi connectivity index (χ0v) is 50.1. The number of carbonyl (C=O) groups is 3. The van der Waals surface area contributed by atoms with Crippen LogP contribution in [0.2, 0.25) is 0 Å². The summed E-state index contributed by atoms with van der Waals surface area (Å²) in [5.74, 6) is -0.950. The summed E-state index contributed by atoms with van der Waals surface area (Å²) in [5.41, 5.74) is 0. The highest BCUT2D eigenvalue weighted by Gasteiger charge is 2.19. The summed E-state index contributed by atoms with van der Waals surface area (Å²) < 4.78 is 16.8. The van der Waals surface area contributed by atoms with Gasteiger partial charge in [0.1, 0.15) is 13.2 Å². The molecule has 0 amide bonds. The lowest BCUT2D eigenvalue weighted by atomic mass is 10.1. The summed E-state index contributed by atoms with van der Waals surface area (Å²) in [6, 6.07) is 0. The Balaban J connectivity index is 4.40. The summed E-state index contributed by atoms with van der Waals surface area (Å²) in [4.78, 5) is 38.2. The molecule has 0 aliphatic carbocycles. The smallest absolute Gasteiger partial charge is 0.306 e. The van der Waals surface area contributed by atoms with E-state index in [1.54, 1.807) is 0 Å². The van der Waals surface area contributed by atoms with Gasteiger partial charge in [-0.2, -0.15) is 0 Å². The molecule has 0 saturated heterocycles. The quantitative estimate of drug-likeness (QED) is 0.0261. The van der Waals surface area contributed by atoms with E-state index in [9.17, 15) is 14.4 Å². The highest BCUT2D eigenvalue weighted by molar-refractivity contribution is 5.71. The number of allylic oxidation sites excluding steroid dienone is 26. The third-order valence-corrected chi connectivity index (χ3v) is 12.8. The summed E-state index contributed by atoms with van der Waals surface area (Å²) in [7, 11) is 0. The second-order valence-corrected chi connectivity index (χ2v) is 20.2. The SMILES string of the molecule is CC/C=C\C/C=C\C/C=C\C/C=C\C/C=C\C/C=C\C/C=C\CCCCCCCC(=O)OCC(COC(=O)CCCCCCCCCCCC)OC(=O)CCCCCC/C=C\C/C=C\C/C=C\C/C=C\C/C=C\C/C=C\CC. The molecular weight excluding hydrogens is 961 g/mol. The molecule has 6 nitrogen and oxygen atoms in total. The molecule has 0 N–H and O–H groups in total. The fourth-order valence-electron chi connectivity index (χ4n) is 8.13. The predicted octanol–water partition coefficient (Wildman–Crippen LogP) is 21.7. The van der Waals surface area contributed by atoms with Crippen LogP contribution >= 0.6 is 0 Å². The highest BCUT2D eigenvalue weighted by atomic mass is 16.6. The van der Waals surface area contributed by atoms with Gasteiger partial charge in [0.15, 0.2) is 6.10 Å². The van der Waals surface area contributed by atoms with Crippen molar-refractivity contribution in [3.8, 4) is 0 Å². The summed E-state index contributed by atoms with van der Waals surface area (Å²) in [6.07, 6.45) is 93.9. The van der Waals surface area contributed by atoms with Crippen LogP contribution in [-0.4, -0.2) is 37.2 Å². The van der Waals surface area contributed by atoms with E-state index in [0.29, 0.717) is 12.8 Å². The summed E-state index contributed by atoms with van der Waals surface area (Å²) in [6.45, 7) is 6.36. The molecule has 0 fully saturated rings. The molecule has 0 spiro atoms. The van der Waals surface area contributed by atoms with Crippen molar-refractivity contribution in [2.45, 2.75) is 264 Å². The van der Waals surface area contributed by atoms with Crippen LogP contribution in [0.4, 0.5) is 0 Å². The van der Waals surface area contributed by atoms with Gasteiger partial charge < -0.3 is 14.2 Å².